The quantitative estimate of drug-likeness (QED) is 0.849. The number of likely N-dealkylation sites (tertiary alicyclic amines) is 1. The molecule has 1 fully saturated rings. The first kappa shape index (κ1) is 14.1. The molecule has 2 aliphatic rings. The molecule has 0 unspecified atom stereocenters. The van der Waals surface area contributed by atoms with Gasteiger partial charge in [0.2, 0.25) is 5.78 Å². The molecule has 1 saturated heterocycles. The summed E-state index contributed by atoms with van der Waals surface area (Å²) in [6.45, 7) is 8.28. The first-order chi connectivity index (χ1) is 9.99. The summed E-state index contributed by atoms with van der Waals surface area (Å²) >= 11 is 0. The molecule has 0 aliphatic carbocycles. The third-order valence-corrected chi connectivity index (χ3v) is 4.23. The van der Waals surface area contributed by atoms with E-state index in [0.717, 1.165) is 29.8 Å². The minimum atomic E-state index is -0.0647. The van der Waals surface area contributed by atoms with Crippen LogP contribution >= 0.6 is 0 Å². The molecule has 0 saturated carbocycles. The van der Waals surface area contributed by atoms with Crippen LogP contribution in [-0.2, 0) is 6.54 Å². The van der Waals surface area contributed by atoms with Crippen LogP contribution in [-0.4, -0.2) is 28.9 Å². The zero-order valence-electron chi connectivity index (χ0n) is 12.8. The molecule has 112 valence electrons. The van der Waals surface area contributed by atoms with Crippen molar-refractivity contribution in [3.8, 4) is 11.5 Å². The van der Waals surface area contributed by atoms with Crippen LogP contribution in [0.1, 0.15) is 48.2 Å². The van der Waals surface area contributed by atoms with E-state index in [-0.39, 0.29) is 11.5 Å². The molecule has 0 spiro atoms. The van der Waals surface area contributed by atoms with E-state index in [1.54, 1.807) is 6.07 Å². The number of hydrogen-bond acceptors (Lipinski definition) is 4. The average Bonchev–Trinajstić information content (AvgIpc) is 3.02. The number of rotatable bonds is 2. The van der Waals surface area contributed by atoms with Crippen molar-refractivity contribution < 1.29 is 14.6 Å². The van der Waals surface area contributed by atoms with Gasteiger partial charge in [0.05, 0.1) is 11.1 Å². The smallest absolute Gasteiger partial charge is 0.232 e. The molecule has 0 radical (unpaired) electrons. The number of nitrogens with zero attached hydrogens (tertiary/aromatic N) is 1. The molecule has 0 amide bonds. The lowest BCUT2D eigenvalue weighted by Gasteiger charge is -2.18. The molecule has 1 aromatic carbocycles. The van der Waals surface area contributed by atoms with Crippen LogP contribution < -0.4 is 4.74 Å². The van der Waals surface area contributed by atoms with Gasteiger partial charge in [-0.25, -0.2) is 0 Å². The Morgan fingerprint density at radius 3 is 2.62 bits per heavy atom. The van der Waals surface area contributed by atoms with Gasteiger partial charge in [-0.3, -0.25) is 9.69 Å². The number of hydrogen-bond donors (Lipinski definition) is 1. The molecule has 0 atom stereocenters. The number of aryl methyl sites for hydroxylation is 1. The van der Waals surface area contributed by atoms with Crippen LogP contribution in [0.4, 0.5) is 0 Å². The van der Waals surface area contributed by atoms with Crippen LogP contribution in [0.5, 0.6) is 11.5 Å². The Morgan fingerprint density at radius 2 is 2.00 bits per heavy atom. The van der Waals surface area contributed by atoms with Crippen molar-refractivity contribution in [1.29, 1.82) is 0 Å². The molecule has 2 heterocycles. The van der Waals surface area contributed by atoms with E-state index in [1.165, 1.54) is 12.8 Å². The summed E-state index contributed by atoms with van der Waals surface area (Å²) in [5.41, 5.74) is 2.98. The second-order valence-electron chi connectivity index (χ2n) is 6.14. The maximum Gasteiger partial charge on any atom is 0.232 e. The fraction of sp³-hybridized carbons (Fsp3) is 0.471. The van der Waals surface area contributed by atoms with E-state index < -0.39 is 0 Å². The Kier molecular flexibility index (Phi) is 3.49. The molecule has 0 aromatic heterocycles. The van der Waals surface area contributed by atoms with E-state index in [0.29, 0.717) is 23.6 Å². The Bertz CT molecular complexity index is 636. The van der Waals surface area contributed by atoms with Gasteiger partial charge in [-0.05, 0) is 63.9 Å². The highest BCUT2D eigenvalue weighted by atomic mass is 16.5. The summed E-state index contributed by atoms with van der Waals surface area (Å²) in [5, 5.41) is 10.3. The standard InChI is InChI=1S/C17H21NO3/c1-10(2)16-15(20)14-11(3)8-13(19)12(17(14)21-16)9-18-6-4-5-7-18/h8,19H,4-7,9H2,1-3H3. The number of benzene rings is 1. The van der Waals surface area contributed by atoms with Gasteiger partial charge in [0.1, 0.15) is 11.5 Å². The lowest BCUT2D eigenvalue weighted by atomic mass is 9.99. The molecule has 1 aromatic rings. The number of carbonyl (C=O) groups excluding carboxylic acids is 1. The zero-order chi connectivity index (χ0) is 15.1. The summed E-state index contributed by atoms with van der Waals surface area (Å²) in [7, 11) is 0. The SMILES string of the molecule is CC(C)=C1Oc2c(CN3CCCC3)c(O)cc(C)c2C1=O. The van der Waals surface area contributed by atoms with Crippen molar-refractivity contribution in [2.24, 2.45) is 0 Å². The fourth-order valence-electron chi connectivity index (χ4n) is 3.11. The highest BCUT2D eigenvalue weighted by molar-refractivity contribution is 6.14. The van der Waals surface area contributed by atoms with Gasteiger partial charge >= 0.3 is 0 Å². The van der Waals surface area contributed by atoms with Crippen molar-refractivity contribution >= 4 is 5.78 Å². The maximum atomic E-state index is 12.5. The van der Waals surface area contributed by atoms with E-state index >= 15 is 0 Å². The first-order valence-corrected chi connectivity index (χ1v) is 7.47. The molecule has 3 rings (SSSR count). The third kappa shape index (κ3) is 2.33. The van der Waals surface area contributed by atoms with Crippen molar-refractivity contribution in [3.63, 3.8) is 0 Å². The number of fused-ring (bicyclic) bond motifs is 1. The number of carbonyl (C=O) groups is 1. The number of ether oxygens (including phenoxy) is 1. The molecule has 0 bridgehead atoms. The molecule has 4 nitrogen and oxygen atoms in total. The number of ketones is 1. The number of phenols is 1. The number of allylic oxidation sites excluding steroid dienone is 2. The molecule has 4 heteroatoms. The minimum Gasteiger partial charge on any atom is -0.507 e. The average molecular weight is 287 g/mol. The summed E-state index contributed by atoms with van der Waals surface area (Å²) in [5.74, 6) is 1.12. The molecule has 2 aliphatic heterocycles. The topological polar surface area (TPSA) is 49.8 Å². The van der Waals surface area contributed by atoms with Crippen molar-refractivity contribution in [1.82, 2.24) is 4.90 Å². The highest BCUT2D eigenvalue weighted by Gasteiger charge is 2.34. The minimum absolute atomic E-state index is 0.0647. The number of aromatic hydroxyl groups is 1. The van der Waals surface area contributed by atoms with E-state index in [1.807, 2.05) is 20.8 Å². The van der Waals surface area contributed by atoms with E-state index in [9.17, 15) is 9.90 Å². The highest BCUT2D eigenvalue weighted by Crippen LogP contribution is 2.42. The van der Waals surface area contributed by atoms with E-state index in [4.69, 9.17) is 4.74 Å². The lowest BCUT2D eigenvalue weighted by molar-refractivity contribution is 0.101. The summed E-state index contributed by atoms with van der Waals surface area (Å²) in [4.78, 5) is 14.8. The van der Waals surface area contributed by atoms with Crippen molar-refractivity contribution in [2.45, 2.75) is 40.2 Å². The van der Waals surface area contributed by atoms with E-state index in [2.05, 4.69) is 4.90 Å². The van der Waals surface area contributed by atoms with Gasteiger partial charge in [0.15, 0.2) is 5.76 Å². The Balaban J connectivity index is 2.07. The van der Waals surface area contributed by atoms with Gasteiger partial charge in [-0.15, -0.1) is 0 Å². The summed E-state index contributed by atoms with van der Waals surface area (Å²) in [6.07, 6.45) is 2.38. The largest absolute Gasteiger partial charge is 0.507 e. The van der Waals surface area contributed by atoms with Gasteiger partial charge in [-0.1, -0.05) is 0 Å². The second-order valence-corrected chi connectivity index (χ2v) is 6.14. The van der Waals surface area contributed by atoms with Crippen LogP contribution in [0.15, 0.2) is 17.4 Å². The number of Topliss-reactive ketones (excluding diaryl/α,β-unsaturated/α-hetero) is 1. The van der Waals surface area contributed by atoms with Gasteiger partial charge < -0.3 is 9.84 Å². The van der Waals surface area contributed by atoms with Gasteiger partial charge in [-0.2, -0.15) is 0 Å². The van der Waals surface area contributed by atoms with Gasteiger partial charge in [0.25, 0.3) is 0 Å². The summed E-state index contributed by atoms with van der Waals surface area (Å²) in [6, 6.07) is 1.68. The lowest BCUT2D eigenvalue weighted by Crippen LogP contribution is -2.19. The second kappa shape index (κ2) is 5.19. The Labute approximate surface area is 125 Å². The monoisotopic (exact) mass is 287 g/mol. The number of phenolic OH excluding ortho intramolecular Hbond substituents is 1. The fourth-order valence-corrected chi connectivity index (χ4v) is 3.11. The van der Waals surface area contributed by atoms with Crippen molar-refractivity contribution in [2.75, 3.05) is 13.1 Å². The van der Waals surface area contributed by atoms with Crippen molar-refractivity contribution in [3.05, 3.63) is 34.1 Å². The first-order valence-electron chi connectivity index (χ1n) is 7.47. The van der Waals surface area contributed by atoms with Crippen LogP contribution in [0.25, 0.3) is 0 Å². The van der Waals surface area contributed by atoms with Crippen LogP contribution in [0.2, 0.25) is 0 Å². The maximum absolute atomic E-state index is 12.5. The Morgan fingerprint density at radius 1 is 1.33 bits per heavy atom. The predicted octanol–water partition coefficient (Wildman–Crippen LogP) is 3.17. The molecule has 21 heavy (non-hydrogen) atoms. The Hall–Kier alpha value is -1.81. The molecule has 1 N–H and O–H groups in total. The van der Waals surface area contributed by atoms with Crippen LogP contribution in [0.3, 0.4) is 0 Å². The molecular weight excluding hydrogens is 266 g/mol. The normalized spacial score (nSPS) is 18.0. The van der Waals surface area contributed by atoms with Gasteiger partial charge in [0, 0.05) is 6.54 Å². The third-order valence-electron chi connectivity index (χ3n) is 4.23. The summed E-state index contributed by atoms with van der Waals surface area (Å²) < 4.78 is 5.83. The molecular formula is C17H21NO3. The predicted molar refractivity (Wildman–Crippen MR) is 80.7 cm³/mol. The zero-order valence-corrected chi connectivity index (χ0v) is 12.8. The van der Waals surface area contributed by atoms with Crippen LogP contribution in [0, 0.1) is 6.92 Å².